The van der Waals surface area contributed by atoms with Crippen LogP contribution < -0.4 is 4.72 Å². The van der Waals surface area contributed by atoms with Crippen LogP contribution in [-0.2, 0) is 16.4 Å². The Kier molecular flexibility index (Phi) is 4.73. The maximum atomic E-state index is 12.5. The third-order valence-electron chi connectivity index (χ3n) is 4.37. The number of aromatic nitrogens is 2. The molecule has 2 N–H and O–H groups in total. The monoisotopic (exact) mass is 408 g/mol. The van der Waals surface area contributed by atoms with Gasteiger partial charge in [-0.15, -0.1) is 0 Å². The number of nitro benzene ring substituents is 1. The summed E-state index contributed by atoms with van der Waals surface area (Å²) >= 11 is 0. The Morgan fingerprint density at radius 3 is 2.31 bits per heavy atom. The number of para-hydroxylation sites is 2. The van der Waals surface area contributed by atoms with E-state index in [1.165, 1.54) is 12.1 Å². The van der Waals surface area contributed by atoms with Crippen molar-refractivity contribution < 1.29 is 13.3 Å². The fourth-order valence-corrected chi connectivity index (χ4v) is 3.99. The lowest BCUT2D eigenvalue weighted by Gasteiger charge is -2.08. The van der Waals surface area contributed by atoms with Gasteiger partial charge < -0.3 is 4.98 Å². The maximum Gasteiger partial charge on any atom is 0.269 e. The molecule has 0 fully saturated rings. The molecule has 0 aliphatic carbocycles. The molecule has 1 heterocycles. The zero-order valence-corrected chi connectivity index (χ0v) is 15.9. The first-order valence-electron chi connectivity index (χ1n) is 8.70. The molecule has 1 aromatic heterocycles. The lowest BCUT2D eigenvalue weighted by atomic mass is 10.1. The van der Waals surface area contributed by atoms with Gasteiger partial charge in [0.15, 0.2) is 0 Å². The predicted molar refractivity (Wildman–Crippen MR) is 109 cm³/mol. The quantitative estimate of drug-likeness (QED) is 0.371. The first kappa shape index (κ1) is 18.6. The summed E-state index contributed by atoms with van der Waals surface area (Å²) in [4.78, 5) is 17.9. The zero-order chi connectivity index (χ0) is 20.4. The number of nitro groups is 1. The summed E-state index contributed by atoms with van der Waals surface area (Å²) in [6.45, 7) is 0. The number of rotatable bonds is 6. The van der Waals surface area contributed by atoms with E-state index >= 15 is 0 Å². The van der Waals surface area contributed by atoms with Gasteiger partial charge in [-0.25, -0.2) is 13.4 Å². The van der Waals surface area contributed by atoms with Gasteiger partial charge in [-0.05, 0) is 42.0 Å². The minimum Gasteiger partial charge on any atom is -0.342 e. The number of sulfonamides is 1. The van der Waals surface area contributed by atoms with Crippen molar-refractivity contribution in [1.29, 1.82) is 0 Å². The van der Waals surface area contributed by atoms with Crippen molar-refractivity contribution in [2.45, 2.75) is 11.3 Å². The summed E-state index contributed by atoms with van der Waals surface area (Å²) in [7, 11) is -3.84. The number of anilines is 1. The number of non-ortho nitro benzene ring substituents is 1. The van der Waals surface area contributed by atoms with Gasteiger partial charge in [-0.2, -0.15) is 0 Å². The van der Waals surface area contributed by atoms with E-state index < -0.39 is 14.9 Å². The van der Waals surface area contributed by atoms with Crippen LogP contribution in [0.5, 0.6) is 0 Å². The molecule has 4 rings (SSSR count). The SMILES string of the molecule is O=[N+]([O-])c1ccc(S(=O)(=O)Nc2ccc(Cc3nc4ccccc4[nH]3)cc2)cc1. The van der Waals surface area contributed by atoms with Crippen LogP contribution in [0.25, 0.3) is 11.0 Å². The second-order valence-corrected chi connectivity index (χ2v) is 8.11. The number of fused-ring (bicyclic) bond motifs is 1. The highest BCUT2D eigenvalue weighted by Gasteiger charge is 2.16. The molecule has 29 heavy (non-hydrogen) atoms. The van der Waals surface area contributed by atoms with E-state index in [1.807, 2.05) is 36.4 Å². The second-order valence-electron chi connectivity index (χ2n) is 6.43. The van der Waals surface area contributed by atoms with Gasteiger partial charge in [0.05, 0.1) is 20.9 Å². The second kappa shape index (κ2) is 7.36. The highest BCUT2D eigenvalue weighted by molar-refractivity contribution is 7.92. The molecule has 0 unspecified atom stereocenters. The van der Waals surface area contributed by atoms with E-state index in [-0.39, 0.29) is 10.6 Å². The normalized spacial score (nSPS) is 11.4. The van der Waals surface area contributed by atoms with Crippen molar-refractivity contribution in [3.05, 3.63) is 94.3 Å². The number of hydrogen-bond acceptors (Lipinski definition) is 5. The molecule has 0 aliphatic rings. The van der Waals surface area contributed by atoms with Crippen LogP contribution in [0.1, 0.15) is 11.4 Å². The summed E-state index contributed by atoms with van der Waals surface area (Å²) in [6.07, 6.45) is 0.587. The molecule has 4 aromatic rings. The number of imidazole rings is 1. The Hall–Kier alpha value is -3.72. The minimum absolute atomic E-state index is 0.0468. The largest absolute Gasteiger partial charge is 0.342 e. The lowest BCUT2D eigenvalue weighted by Crippen LogP contribution is -2.12. The van der Waals surface area contributed by atoms with Crippen molar-refractivity contribution >= 4 is 32.4 Å². The van der Waals surface area contributed by atoms with Crippen molar-refractivity contribution in [2.75, 3.05) is 4.72 Å². The van der Waals surface area contributed by atoms with E-state index in [0.717, 1.165) is 34.6 Å². The highest BCUT2D eigenvalue weighted by atomic mass is 32.2. The summed E-state index contributed by atoms with van der Waals surface area (Å²) in [5.41, 5.74) is 3.07. The molecule has 146 valence electrons. The molecular formula is C20H16N4O4S. The van der Waals surface area contributed by atoms with Crippen molar-refractivity contribution in [1.82, 2.24) is 9.97 Å². The smallest absolute Gasteiger partial charge is 0.269 e. The number of H-pyrrole nitrogens is 1. The van der Waals surface area contributed by atoms with Crippen molar-refractivity contribution in [3.63, 3.8) is 0 Å². The van der Waals surface area contributed by atoms with E-state index in [9.17, 15) is 18.5 Å². The molecule has 3 aromatic carbocycles. The van der Waals surface area contributed by atoms with Gasteiger partial charge >= 0.3 is 0 Å². The fraction of sp³-hybridized carbons (Fsp3) is 0.0500. The Morgan fingerprint density at radius 2 is 1.66 bits per heavy atom. The van der Waals surface area contributed by atoms with Gasteiger partial charge in [0.2, 0.25) is 0 Å². The van der Waals surface area contributed by atoms with Gasteiger partial charge in [-0.3, -0.25) is 14.8 Å². The van der Waals surface area contributed by atoms with Crippen LogP contribution in [0.15, 0.2) is 77.7 Å². The molecule has 0 atom stereocenters. The Morgan fingerprint density at radius 1 is 0.966 bits per heavy atom. The Bertz CT molecular complexity index is 1250. The van der Waals surface area contributed by atoms with Gasteiger partial charge in [0.25, 0.3) is 15.7 Å². The average Bonchev–Trinajstić information content (AvgIpc) is 3.11. The van der Waals surface area contributed by atoms with Gasteiger partial charge in [0, 0.05) is 24.2 Å². The molecule has 0 saturated carbocycles. The maximum absolute atomic E-state index is 12.5. The molecule has 0 radical (unpaired) electrons. The molecule has 9 heteroatoms. The fourth-order valence-electron chi connectivity index (χ4n) is 2.93. The summed E-state index contributed by atoms with van der Waals surface area (Å²) in [5, 5.41) is 10.7. The zero-order valence-electron chi connectivity index (χ0n) is 15.1. The molecule has 8 nitrogen and oxygen atoms in total. The third-order valence-corrected chi connectivity index (χ3v) is 5.77. The number of benzene rings is 3. The van der Waals surface area contributed by atoms with Crippen molar-refractivity contribution in [2.24, 2.45) is 0 Å². The van der Waals surface area contributed by atoms with E-state index in [4.69, 9.17) is 0 Å². The molecule has 0 bridgehead atoms. The van der Waals surface area contributed by atoms with Crippen LogP contribution in [-0.4, -0.2) is 23.3 Å². The van der Waals surface area contributed by atoms with Gasteiger partial charge in [-0.1, -0.05) is 24.3 Å². The van der Waals surface area contributed by atoms with Crippen LogP contribution in [0.2, 0.25) is 0 Å². The molecular weight excluding hydrogens is 392 g/mol. The number of aromatic amines is 1. The number of nitrogens with one attached hydrogen (secondary N) is 2. The predicted octanol–water partition coefficient (Wildman–Crippen LogP) is 3.86. The van der Waals surface area contributed by atoms with Crippen LogP contribution >= 0.6 is 0 Å². The van der Waals surface area contributed by atoms with Gasteiger partial charge in [0.1, 0.15) is 5.82 Å². The van der Waals surface area contributed by atoms with E-state index in [0.29, 0.717) is 12.1 Å². The minimum atomic E-state index is -3.84. The average molecular weight is 408 g/mol. The van der Waals surface area contributed by atoms with Crippen LogP contribution in [0.4, 0.5) is 11.4 Å². The third kappa shape index (κ3) is 4.09. The van der Waals surface area contributed by atoms with E-state index in [1.54, 1.807) is 12.1 Å². The van der Waals surface area contributed by atoms with E-state index in [2.05, 4.69) is 14.7 Å². The molecule has 0 aliphatic heterocycles. The van der Waals surface area contributed by atoms with Crippen LogP contribution in [0.3, 0.4) is 0 Å². The lowest BCUT2D eigenvalue weighted by molar-refractivity contribution is -0.384. The topological polar surface area (TPSA) is 118 Å². The standard InChI is InChI=1S/C20H16N4O4S/c25-24(26)16-9-11-17(12-10-16)29(27,28)23-15-7-5-14(6-8-15)13-20-21-18-3-1-2-4-19(18)22-20/h1-12,23H,13H2,(H,21,22). The highest BCUT2D eigenvalue weighted by Crippen LogP contribution is 2.20. The summed E-state index contributed by atoms with van der Waals surface area (Å²) in [5.74, 6) is 0.824. The van der Waals surface area contributed by atoms with Crippen LogP contribution in [0, 0.1) is 10.1 Å². The summed E-state index contributed by atoms with van der Waals surface area (Å²) in [6, 6.07) is 19.5. The summed E-state index contributed by atoms with van der Waals surface area (Å²) < 4.78 is 27.4. The first-order valence-corrected chi connectivity index (χ1v) is 10.2. The number of nitrogens with zero attached hydrogens (tertiary/aromatic N) is 2. The molecule has 0 amide bonds. The number of hydrogen-bond donors (Lipinski definition) is 2. The van der Waals surface area contributed by atoms with Crippen molar-refractivity contribution in [3.8, 4) is 0 Å². The molecule has 0 spiro atoms. The first-order chi connectivity index (χ1) is 13.9. The Balaban J connectivity index is 1.47. The Labute approximate surface area is 166 Å². The molecule has 0 saturated heterocycles.